The molecule has 0 radical (unpaired) electrons. The molecule has 30 heavy (non-hydrogen) atoms. The number of aliphatic hydroxyl groups is 1. The molecule has 1 fully saturated rings. The van der Waals surface area contributed by atoms with Crippen LogP contribution in [0.2, 0.25) is 5.02 Å². The van der Waals surface area contributed by atoms with Crippen LogP contribution >= 0.6 is 11.6 Å². The molecular formula is C23H25ClN2O4. The molecule has 0 saturated carbocycles. The number of methoxy groups -OCH3 is 1. The van der Waals surface area contributed by atoms with E-state index in [1.807, 2.05) is 50.2 Å². The molecule has 1 atom stereocenters. The van der Waals surface area contributed by atoms with Gasteiger partial charge in [0.1, 0.15) is 11.5 Å². The van der Waals surface area contributed by atoms with E-state index in [0.717, 1.165) is 11.1 Å². The van der Waals surface area contributed by atoms with Gasteiger partial charge in [0.05, 0.1) is 23.7 Å². The summed E-state index contributed by atoms with van der Waals surface area (Å²) < 4.78 is 5.23. The van der Waals surface area contributed by atoms with Gasteiger partial charge in [0.2, 0.25) is 0 Å². The Balaban J connectivity index is 2.19. The number of Topliss-reactive ketones (excluding diaryl/α,β-unsaturated/α-hetero) is 1. The van der Waals surface area contributed by atoms with Crippen molar-refractivity contribution in [1.29, 1.82) is 0 Å². The molecule has 1 aliphatic heterocycles. The van der Waals surface area contributed by atoms with Crippen LogP contribution in [-0.2, 0) is 9.59 Å². The molecule has 6 nitrogen and oxygen atoms in total. The zero-order valence-electron chi connectivity index (χ0n) is 17.5. The maximum Gasteiger partial charge on any atom is 0.295 e. The predicted octanol–water partition coefficient (Wildman–Crippen LogP) is 3.64. The first-order valence-corrected chi connectivity index (χ1v) is 9.96. The van der Waals surface area contributed by atoms with Gasteiger partial charge >= 0.3 is 0 Å². The summed E-state index contributed by atoms with van der Waals surface area (Å²) in [5.74, 6) is -1.19. The van der Waals surface area contributed by atoms with E-state index in [4.69, 9.17) is 16.3 Å². The topological polar surface area (TPSA) is 70.1 Å². The number of benzene rings is 2. The second-order valence-corrected chi connectivity index (χ2v) is 7.91. The van der Waals surface area contributed by atoms with Crippen LogP contribution in [-0.4, -0.2) is 60.9 Å². The molecule has 7 heteroatoms. The highest BCUT2D eigenvalue weighted by Crippen LogP contribution is 2.41. The third kappa shape index (κ3) is 4.06. The molecule has 3 rings (SSSR count). The van der Waals surface area contributed by atoms with E-state index in [2.05, 4.69) is 0 Å². The van der Waals surface area contributed by atoms with Gasteiger partial charge in [-0.1, -0.05) is 35.9 Å². The van der Waals surface area contributed by atoms with E-state index in [1.165, 1.54) is 12.0 Å². The second-order valence-electron chi connectivity index (χ2n) is 7.50. The van der Waals surface area contributed by atoms with Crippen LogP contribution < -0.4 is 4.74 Å². The molecule has 0 spiro atoms. The lowest BCUT2D eigenvalue weighted by molar-refractivity contribution is -0.140. The van der Waals surface area contributed by atoms with Crippen molar-refractivity contribution in [3.05, 3.63) is 69.8 Å². The van der Waals surface area contributed by atoms with E-state index < -0.39 is 17.7 Å². The molecule has 1 heterocycles. The number of nitrogens with zero attached hydrogens (tertiary/aromatic N) is 2. The van der Waals surface area contributed by atoms with E-state index in [1.54, 1.807) is 18.2 Å². The minimum Gasteiger partial charge on any atom is -0.507 e. The number of aryl methyl sites for hydroxylation is 1. The molecule has 1 amide bonds. The first-order valence-electron chi connectivity index (χ1n) is 9.58. The molecule has 1 unspecified atom stereocenters. The van der Waals surface area contributed by atoms with Gasteiger partial charge in [0.15, 0.2) is 0 Å². The highest BCUT2D eigenvalue weighted by molar-refractivity contribution is 6.46. The van der Waals surface area contributed by atoms with Gasteiger partial charge in [-0.3, -0.25) is 9.59 Å². The van der Waals surface area contributed by atoms with Crippen molar-refractivity contribution in [2.75, 3.05) is 34.3 Å². The van der Waals surface area contributed by atoms with Gasteiger partial charge in [-0.25, -0.2) is 0 Å². The number of hydrogen-bond donors (Lipinski definition) is 1. The molecule has 0 bridgehead atoms. The van der Waals surface area contributed by atoms with E-state index in [-0.39, 0.29) is 11.3 Å². The number of rotatable bonds is 6. The molecule has 1 aliphatic rings. The average Bonchev–Trinajstić information content (AvgIpc) is 2.97. The number of aliphatic hydroxyl groups excluding tert-OH is 1. The highest BCUT2D eigenvalue weighted by atomic mass is 35.5. The van der Waals surface area contributed by atoms with Crippen LogP contribution in [0.3, 0.4) is 0 Å². The minimum atomic E-state index is -0.701. The second kappa shape index (κ2) is 8.90. The summed E-state index contributed by atoms with van der Waals surface area (Å²) in [5.41, 5.74) is 2.16. The van der Waals surface area contributed by atoms with Gasteiger partial charge < -0.3 is 19.6 Å². The van der Waals surface area contributed by atoms with Gasteiger partial charge in [-0.05, 0) is 50.3 Å². The van der Waals surface area contributed by atoms with Crippen LogP contribution in [0.15, 0.2) is 48.0 Å². The van der Waals surface area contributed by atoms with Gasteiger partial charge in [-0.2, -0.15) is 0 Å². The summed E-state index contributed by atoms with van der Waals surface area (Å²) in [7, 11) is 5.28. The number of halogens is 1. The first kappa shape index (κ1) is 21.9. The summed E-state index contributed by atoms with van der Waals surface area (Å²) >= 11 is 6.10. The summed E-state index contributed by atoms with van der Waals surface area (Å²) in [6, 6.07) is 11.6. The lowest BCUT2D eigenvalue weighted by atomic mass is 9.92. The average molecular weight is 429 g/mol. The Morgan fingerprint density at radius 1 is 1.20 bits per heavy atom. The smallest absolute Gasteiger partial charge is 0.295 e. The van der Waals surface area contributed by atoms with Crippen LogP contribution in [0, 0.1) is 6.92 Å². The number of carbonyl (C=O) groups excluding carboxylic acids is 2. The third-order valence-corrected chi connectivity index (χ3v) is 5.55. The molecule has 2 aromatic rings. The Hall–Kier alpha value is -2.83. The fraction of sp³-hybridized carbons (Fsp3) is 0.304. The highest BCUT2D eigenvalue weighted by Gasteiger charge is 2.46. The van der Waals surface area contributed by atoms with Crippen molar-refractivity contribution in [3.8, 4) is 5.75 Å². The lowest BCUT2D eigenvalue weighted by Gasteiger charge is -2.27. The Labute approximate surface area is 181 Å². The van der Waals surface area contributed by atoms with Crippen LogP contribution in [0.5, 0.6) is 5.75 Å². The fourth-order valence-electron chi connectivity index (χ4n) is 3.60. The molecule has 1 saturated heterocycles. The summed E-state index contributed by atoms with van der Waals surface area (Å²) in [4.78, 5) is 29.4. The van der Waals surface area contributed by atoms with Gasteiger partial charge in [0, 0.05) is 18.7 Å². The van der Waals surface area contributed by atoms with Gasteiger partial charge in [-0.15, -0.1) is 0 Å². The number of ketones is 1. The zero-order valence-corrected chi connectivity index (χ0v) is 18.2. The van der Waals surface area contributed by atoms with Crippen molar-refractivity contribution >= 4 is 29.1 Å². The van der Waals surface area contributed by atoms with Crippen LogP contribution in [0.25, 0.3) is 5.76 Å². The third-order valence-electron chi connectivity index (χ3n) is 5.24. The number of likely N-dealkylation sites (N-methyl/N-ethyl adjacent to an activating group) is 1. The van der Waals surface area contributed by atoms with E-state index >= 15 is 0 Å². The normalized spacial score (nSPS) is 18.3. The molecule has 2 aromatic carbocycles. The molecule has 158 valence electrons. The molecular weight excluding hydrogens is 404 g/mol. The predicted molar refractivity (Wildman–Crippen MR) is 117 cm³/mol. The first-order chi connectivity index (χ1) is 14.3. The van der Waals surface area contributed by atoms with Gasteiger partial charge in [0.25, 0.3) is 11.7 Å². The quantitative estimate of drug-likeness (QED) is 0.432. The number of hydrogen-bond acceptors (Lipinski definition) is 5. The summed E-state index contributed by atoms with van der Waals surface area (Å²) in [6.45, 7) is 2.87. The standard InChI is InChI=1S/C23H25ClN2O4/c1-14-7-5-6-8-16(14)20-19(22(28)23(29)26(20)12-11-25(2)3)21(27)15-9-10-17(24)18(13-15)30-4/h5-10,13,20,27H,11-12H2,1-4H3/b21-19+. The SMILES string of the molecule is COc1cc(/C(O)=C2\C(=O)C(=O)N(CCN(C)C)C2c2ccccc2C)ccc1Cl. The van der Waals surface area contributed by atoms with Crippen molar-refractivity contribution in [3.63, 3.8) is 0 Å². The van der Waals surface area contributed by atoms with Crippen molar-refractivity contribution in [2.24, 2.45) is 0 Å². The van der Waals surface area contributed by atoms with Crippen LogP contribution in [0.4, 0.5) is 0 Å². The molecule has 1 N–H and O–H groups in total. The number of amides is 1. The number of likely N-dealkylation sites (tertiary alicyclic amines) is 1. The van der Waals surface area contributed by atoms with Crippen molar-refractivity contribution in [1.82, 2.24) is 9.80 Å². The fourth-order valence-corrected chi connectivity index (χ4v) is 3.79. The Morgan fingerprint density at radius 2 is 1.90 bits per heavy atom. The number of ether oxygens (including phenoxy) is 1. The Morgan fingerprint density at radius 3 is 2.53 bits per heavy atom. The van der Waals surface area contributed by atoms with Crippen molar-refractivity contribution < 1.29 is 19.4 Å². The molecule has 0 aliphatic carbocycles. The Bertz CT molecular complexity index is 1020. The number of carbonyl (C=O) groups is 2. The summed E-state index contributed by atoms with van der Waals surface area (Å²) in [6.07, 6.45) is 0. The minimum absolute atomic E-state index is 0.0671. The van der Waals surface area contributed by atoms with E-state index in [9.17, 15) is 14.7 Å². The lowest BCUT2D eigenvalue weighted by Crippen LogP contribution is -2.35. The Kier molecular flexibility index (Phi) is 6.48. The maximum absolute atomic E-state index is 13.0. The monoisotopic (exact) mass is 428 g/mol. The summed E-state index contributed by atoms with van der Waals surface area (Å²) in [5, 5.41) is 11.5. The van der Waals surface area contributed by atoms with Crippen LogP contribution in [0.1, 0.15) is 22.7 Å². The maximum atomic E-state index is 13.0. The molecule has 0 aromatic heterocycles. The largest absolute Gasteiger partial charge is 0.507 e. The van der Waals surface area contributed by atoms with E-state index in [0.29, 0.717) is 29.4 Å². The zero-order chi connectivity index (χ0) is 22.0. The van der Waals surface area contributed by atoms with Crippen molar-refractivity contribution in [2.45, 2.75) is 13.0 Å².